The van der Waals surface area contributed by atoms with Crippen molar-refractivity contribution in [1.82, 2.24) is 10.2 Å². The Morgan fingerprint density at radius 1 is 1.26 bits per heavy atom. The molecule has 147 valence electrons. The molecule has 3 rings (SSSR count). The van der Waals surface area contributed by atoms with Crippen molar-refractivity contribution in [2.45, 2.75) is 44.4 Å². The van der Waals surface area contributed by atoms with Crippen LogP contribution in [0.15, 0.2) is 48.3 Å². The molecule has 2 aliphatic rings. The van der Waals surface area contributed by atoms with E-state index in [1.54, 1.807) is 0 Å². The summed E-state index contributed by atoms with van der Waals surface area (Å²) in [6.07, 6.45) is 11.1. The minimum atomic E-state index is -0.879. The minimum absolute atomic E-state index is 0.297. The molecule has 1 aliphatic carbocycles. The van der Waals surface area contributed by atoms with Gasteiger partial charge in [0.2, 0.25) is 0 Å². The van der Waals surface area contributed by atoms with E-state index in [1.807, 2.05) is 37.6 Å². The number of ether oxygens (including phenoxy) is 1. The van der Waals surface area contributed by atoms with Crippen molar-refractivity contribution in [3.05, 3.63) is 65.3 Å². The third-order valence-electron chi connectivity index (χ3n) is 5.08. The zero-order valence-electron chi connectivity index (χ0n) is 16.0. The van der Waals surface area contributed by atoms with Gasteiger partial charge in [-0.15, -0.1) is 0 Å². The maximum absolute atomic E-state index is 10.6. The lowest BCUT2D eigenvalue weighted by Crippen LogP contribution is -2.49. The van der Waals surface area contributed by atoms with Crippen molar-refractivity contribution in [1.29, 1.82) is 0 Å². The molecule has 1 atom stereocenters. The summed E-state index contributed by atoms with van der Waals surface area (Å²) in [5.41, 5.74) is 0.422. The van der Waals surface area contributed by atoms with E-state index in [1.165, 1.54) is 5.56 Å². The quantitative estimate of drug-likeness (QED) is 0.711. The van der Waals surface area contributed by atoms with Crippen LogP contribution >= 0.6 is 11.6 Å². The van der Waals surface area contributed by atoms with Crippen LogP contribution in [0, 0.1) is 6.42 Å². The van der Waals surface area contributed by atoms with E-state index in [0.717, 1.165) is 49.7 Å². The Labute approximate surface area is 167 Å². The first-order valence-corrected chi connectivity index (χ1v) is 10.1. The number of hydrogen-bond acceptors (Lipinski definition) is 4. The molecule has 1 heterocycles. The number of hydrogen-bond donors (Lipinski definition) is 2. The predicted octanol–water partition coefficient (Wildman–Crippen LogP) is 3.71. The van der Waals surface area contributed by atoms with Crippen molar-refractivity contribution in [3.63, 3.8) is 0 Å². The van der Waals surface area contributed by atoms with E-state index >= 15 is 0 Å². The van der Waals surface area contributed by atoms with E-state index in [9.17, 15) is 5.11 Å². The molecule has 0 amide bonds. The van der Waals surface area contributed by atoms with Gasteiger partial charge in [0.15, 0.2) is 0 Å². The molecule has 1 fully saturated rings. The van der Waals surface area contributed by atoms with Gasteiger partial charge >= 0.3 is 0 Å². The number of likely N-dealkylation sites (tertiary alicyclic amines) is 1. The molecule has 0 saturated carbocycles. The Morgan fingerprint density at radius 3 is 2.67 bits per heavy atom. The smallest absolute Gasteiger partial charge is 0.117 e. The van der Waals surface area contributed by atoms with Crippen LogP contribution in [0.5, 0.6) is 0 Å². The van der Waals surface area contributed by atoms with Crippen LogP contribution in [0.2, 0.25) is 5.02 Å². The average molecular weight is 390 g/mol. The molecule has 1 radical (unpaired) electrons. The van der Waals surface area contributed by atoms with Crippen molar-refractivity contribution >= 4 is 11.6 Å². The molecule has 27 heavy (non-hydrogen) atoms. The third-order valence-corrected chi connectivity index (χ3v) is 5.33. The van der Waals surface area contributed by atoms with Crippen LogP contribution in [0.1, 0.15) is 31.7 Å². The first-order chi connectivity index (χ1) is 13.0. The molecule has 4 nitrogen and oxygen atoms in total. The highest BCUT2D eigenvalue weighted by Crippen LogP contribution is 2.18. The Bertz CT molecular complexity index is 647. The van der Waals surface area contributed by atoms with Crippen LogP contribution < -0.4 is 5.32 Å². The summed E-state index contributed by atoms with van der Waals surface area (Å²) in [5.74, 6) is 0.841. The van der Waals surface area contributed by atoms with Crippen LogP contribution in [-0.4, -0.2) is 47.9 Å². The lowest BCUT2D eigenvalue weighted by Gasteiger charge is -2.34. The largest absolute Gasteiger partial charge is 0.495 e. The monoisotopic (exact) mass is 389 g/mol. The van der Waals surface area contributed by atoms with Gasteiger partial charge in [0.1, 0.15) is 18.0 Å². The summed E-state index contributed by atoms with van der Waals surface area (Å²) >= 11 is 5.95. The number of benzene rings is 1. The Kier molecular flexibility index (Phi) is 7.36. The van der Waals surface area contributed by atoms with Crippen molar-refractivity contribution in [3.8, 4) is 0 Å². The first kappa shape index (κ1) is 20.4. The second-order valence-electron chi connectivity index (χ2n) is 7.78. The van der Waals surface area contributed by atoms with Gasteiger partial charge in [-0.25, -0.2) is 0 Å². The van der Waals surface area contributed by atoms with Gasteiger partial charge in [0.05, 0.1) is 0 Å². The fraction of sp³-hybridized carbons (Fsp3) is 0.500. The van der Waals surface area contributed by atoms with E-state index in [2.05, 4.69) is 28.4 Å². The van der Waals surface area contributed by atoms with E-state index < -0.39 is 5.60 Å². The maximum atomic E-state index is 10.6. The molecular weight excluding hydrogens is 360 g/mol. The molecule has 0 unspecified atom stereocenters. The molecule has 1 aromatic carbocycles. The van der Waals surface area contributed by atoms with E-state index in [-0.39, 0.29) is 0 Å². The van der Waals surface area contributed by atoms with Crippen LogP contribution in [0.4, 0.5) is 0 Å². The summed E-state index contributed by atoms with van der Waals surface area (Å²) in [4.78, 5) is 2.47. The molecule has 1 aliphatic heterocycles. The summed E-state index contributed by atoms with van der Waals surface area (Å²) < 4.78 is 5.73. The lowest BCUT2D eigenvalue weighted by molar-refractivity contribution is -0.0128. The fourth-order valence-corrected chi connectivity index (χ4v) is 3.52. The second kappa shape index (κ2) is 9.74. The van der Waals surface area contributed by atoms with Gasteiger partial charge < -0.3 is 15.2 Å². The number of nitrogens with one attached hydrogen (secondary N) is 1. The van der Waals surface area contributed by atoms with Crippen molar-refractivity contribution < 1.29 is 9.84 Å². The number of aliphatic hydroxyl groups is 1. The lowest BCUT2D eigenvalue weighted by atomic mass is 10.0. The Morgan fingerprint density at radius 2 is 2.00 bits per heavy atom. The number of halogens is 1. The molecule has 1 saturated heterocycles. The summed E-state index contributed by atoms with van der Waals surface area (Å²) in [7, 11) is 0. The van der Waals surface area contributed by atoms with Crippen molar-refractivity contribution in [2.75, 3.05) is 26.2 Å². The summed E-state index contributed by atoms with van der Waals surface area (Å²) in [5, 5.41) is 14.9. The highest BCUT2D eigenvalue weighted by atomic mass is 35.5. The van der Waals surface area contributed by atoms with Gasteiger partial charge in [-0.2, -0.15) is 0 Å². The maximum Gasteiger partial charge on any atom is 0.117 e. The zero-order chi connectivity index (χ0) is 19.1. The molecule has 0 spiro atoms. The molecule has 2 N–H and O–H groups in total. The number of rotatable bonds is 8. The van der Waals surface area contributed by atoms with Gasteiger partial charge in [0, 0.05) is 30.6 Å². The number of piperidine rings is 1. The van der Waals surface area contributed by atoms with Gasteiger partial charge in [-0.05, 0) is 63.0 Å². The minimum Gasteiger partial charge on any atom is -0.495 e. The molecule has 1 aromatic rings. The Hall–Kier alpha value is -1.33. The second-order valence-corrected chi connectivity index (χ2v) is 8.22. The first-order valence-electron chi connectivity index (χ1n) is 9.76. The standard InChI is InChI=1S/C22H30ClN2O2/c1-22(26,17-27-21-5-3-2-4-6-21)16-24-20-11-13-25(14-12-20)15-18-7-9-19(23)10-8-18/h2-3,5-10,20,24,26H,4,11-17H2,1H3/t22-/m0/s1. The molecular formula is C22H30ClN2O2. The Balaban J connectivity index is 1.35. The summed E-state index contributed by atoms with van der Waals surface area (Å²) in [6.45, 7) is 5.76. The molecule has 0 aromatic heterocycles. The van der Waals surface area contributed by atoms with E-state index in [4.69, 9.17) is 16.3 Å². The normalized spacial score (nSPS) is 20.9. The highest BCUT2D eigenvalue weighted by molar-refractivity contribution is 6.30. The molecule has 5 heteroatoms. The average Bonchev–Trinajstić information content (AvgIpc) is 2.69. The highest BCUT2D eigenvalue weighted by Gasteiger charge is 2.25. The number of allylic oxidation sites excluding steroid dienone is 4. The summed E-state index contributed by atoms with van der Waals surface area (Å²) in [6, 6.07) is 8.54. The third kappa shape index (κ3) is 6.96. The fourth-order valence-electron chi connectivity index (χ4n) is 3.40. The van der Waals surface area contributed by atoms with Gasteiger partial charge in [-0.1, -0.05) is 35.9 Å². The SMILES string of the molecule is C[C@](O)(CNC1CCN(Cc2ccc(Cl)cc2)CC1)COC1=CC=CC[CH]1. The topological polar surface area (TPSA) is 44.7 Å². The van der Waals surface area contributed by atoms with Crippen LogP contribution in [-0.2, 0) is 11.3 Å². The van der Waals surface area contributed by atoms with Gasteiger partial charge in [-0.3, -0.25) is 4.90 Å². The zero-order valence-corrected chi connectivity index (χ0v) is 16.8. The molecule has 0 bridgehead atoms. The van der Waals surface area contributed by atoms with Gasteiger partial charge in [0.25, 0.3) is 0 Å². The van der Waals surface area contributed by atoms with Crippen LogP contribution in [0.25, 0.3) is 0 Å². The number of nitrogens with zero attached hydrogens (tertiary/aromatic N) is 1. The van der Waals surface area contributed by atoms with Crippen molar-refractivity contribution in [2.24, 2.45) is 0 Å². The van der Waals surface area contributed by atoms with E-state index in [0.29, 0.717) is 19.2 Å². The van der Waals surface area contributed by atoms with Crippen LogP contribution in [0.3, 0.4) is 0 Å². The predicted molar refractivity (Wildman–Crippen MR) is 110 cm³/mol.